The van der Waals surface area contributed by atoms with Crippen LogP contribution >= 0.6 is 0 Å². The normalized spacial score (nSPS) is 24.0. The summed E-state index contributed by atoms with van der Waals surface area (Å²) in [6, 6.07) is -0.598. The van der Waals surface area contributed by atoms with Crippen LogP contribution in [0.25, 0.3) is 0 Å². The molecule has 0 radical (unpaired) electrons. The van der Waals surface area contributed by atoms with Crippen molar-refractivity contribution in [2.45, 2.75) is 38.6 Å². The largest absolute Gasteiger partial charge is 0.481 e. The van der Waals surface area contributed by atoms with Crippen molar-refractivity contribution in [3.05, 3.63) is 0 Å². The van der Waals surface area contributed by atoms with Crippen LogP contribution in [0.3, 0.4) is 0 Å². The minimum atomic E-state index is -0.769. The van der Waals surface area contributed by atoms with Crippen molar-refractivity contribution in [3.63, 3.8) is 0 Å². The minimum absolute atomic E-state index is 0.0270. The maximum atomic E-state index is 11.5. The van der Waals surface area contributed by atoms with E-state index in [0.717, 1.165) is 12.8 Å². The Bertz CT molecular complexity index is 349. The average Bonchev–Trinajstić information content (AvgIpc) is 2.81. The first-order valence-corrected chi connectivity index (χ1v) is 6.31. The molecule has 0 aromatic rings. The van der Waals surface area contributed by atoms with E-state index in [2.05, 4.69) is 16.6 Å². The number of carboxylic acids is 1. The lowest BCUT2D eigenvalue weighted by Gasteiger charge is -2.17. The zero-order valence-electron chi connectivity index (χ0n) is 10.6. The van der Waals surface area contributed by atoms with E-state index < -0.39 is 5.97 Å². The Kier molecular flexibility index (Phi) is 5.50. The topological polar surface area (TPSA) is 78.4 Å². The van der Waals surface area contributed by atoms with Gasteiger partial charge in [0.15, 0.2) is 0 Å². The molecule has 1 aliphatic rings. The molecule has 0 aliphatic heterocycles. The van der Waals surface area contributed by atoms with Crippen molar-refractivity contribution in [1.29, 1.82) is 0 Å². The molecule has 0 saturated heterocycles. The van der Waals surface area contributed by atoms with Crippen LogP contribution in [0.15, 0.2) is 0 Å². The smallest absolute Gasteiger partial charge is 0.315 e. The molecular weight excluding hydrogens is 232 g/mol. The summed E-state index contributed by atoms with van der Waals surface area (Å²) in [5, 5.41) is 14.4. The lowest BCUT2D eigenvalue weighted by atomic mass is 9.96. The first kappa shape index (κ1) is 14.4. The van der Waals surface area contributed by atoms with Gasteiger partial charge in [-0.05, 0) is 25.2 Å². The standard InChI is InChI=1S/C13H20N2O3/c1-3-10(4-2)15-13(18)14-8-9-6-5-7-11(9)12(16)17/h1,9-11H,4-8H2,2H3,(H,16,17)(H2,14,15,18). The predicted octanol–water partition coefficient (Wildman–Crippen LogP) is 1.20. The molecule has 2 amide bonds. The molecule has 100 valence electrons. The minimum Gasteiger partial charge on any atom is -0.481 e. The monoisotopic (exact) mass is 252 g/mol. The fourth-order valence-corrected chi connectivity index (χ4v) is 2.30. The van der Waals surface area contributed by atoms with Gasteiger partial charge >= 0.3 is 12.0 Å². The first-order chi connectivity index (χ1) is 8.58. The fraction of sp³-hybridized carbons (Fsp3) is 0.692. The summed E-state index contributed by atoms with van der Waals surface area (Å²) < 4.78 is 0. The zero-order valence-corrected chi connectivity index (χ0v) is 10.6. The molecule has 3 atom stereocenters. The van der Waals surface area contributed by atoms with Gasteiger partial charge in [0.05, 0.1) is 12.0 Å². The third-order valence-electron chi connectivity index (χ3n) is 3.42. The lowest BCUT2D eigenvalue weighted by molar-refractivity contribution is -0.142. The summed E-state index contributed by atoms with van der Waals surface area (Å²) in [5.41, 5.74) is 0. The van der Waals surface area contributed by atoms with E-state index in [1.54, 1.807) is 0 Å². The molecule has 0 aromatic heterocycles. The van der Waals surface area contributed by atoms with Crippen molar-refractivity contribution in [3.8, 4) is 12.3 Å². The molecule has 1 rings (SSSR count). The Hall–Kier alpha value is -1.70. The van der Waals surface area contributed by atoms with Gasteiger partial charge in [0, 0.05) is 6.54 Å². The van der Waals surface area contributed by atoms with Crippen LogP contribution in [0.5, 0.6) is 0 Å². The van der Waals surface area contributed by atoms with Crippen molar-refractivity contribution < 1.29 is 14.7 Å². The van der Waals surface area contributed by atoms with Crippen LogP contribution in [-0.2, 0) is 4.79 Å². The zero-order chi connectivity index (χ0) is 13.5. The van der Waals surface area contributed by atoms with Crippen LogP contribution in [0.1, 0.15) is 32.6 Å². The number of aliphatic carboxylic acids is 1. The first-order valence-electron chi connectivity index (χ1n) is 6.31. The number of terminal acetylenes is 1. The van der Waals surface area contributed by atoms with Crippen molar-refractivity contribution >= 4 is 12.0 Å². The van der Waals surface area contributed by atoms with E-state index in [-0.39, 0.29) is 23.9 Å². The molecule has 0 aromatic carbocycles. The maximum absolute atomic E-state index is 11.5. The second kappa shape index (κ2) is 6.90. The number of rotatable bonds is 5. The Morgan fingerprint density at radius 3 is 2.78 bits per heavy atom. The van der Waals surface area contributed by atoms with Gasteiger partial charge < -0.3 is 15.7 Å². The molecule has 1 saturated carbocycles. The van der Waals surface area contributed by atoms with Gasteiger partial charge in [-0.1, -0.05) is 19.3 Å². The number of carbonyl (C=O) groups excluding carboxylic acids is 1. The molecule has 3 unspecified atom stereocenters. The average molecular weight is 252 g/mol. The fourth-order valence-electron chi connectivity index (χ4n) is 2.30. The summed E-state index contributed by atoms with van der Waals surface area (Å²) in [4.78, 5) is 22.5. The van der Waals surface area contributed by atoms with Crippen LogP contribution in [-0.4, -0.2) is 29.7 Å². The summed E-state index contributed by atoms with van der Waals surface area (Å²) >= 11 is 0. The molecular formula is C13H20N2O3. The Labute approximate surface area is 107 Å². The summed E-state index contributed by atoms with van der Waals surface area (Å²) in [5.74, 6) is 1.40. The van der Waals surface area contributed by atoms with E-state index in [0.29, 0.717) is 19.4 Å². The summed E-state index contributed by atoms with van der Waals surface area (Å²) in [7, 11) is 0. The van der Waals surface area contributed by atoms with E-state index in [1.165, 1.54) is 0 Å². The Morgan fingerprint density at radius 1 is 1.50 bits per heavy atom. The number of carbonyl (C=O) groups is 2. The van der Waals surface area contributed by atoms with Crippen molar-refractivity contribution in [1.82, 2.24) is 10.6 Å². The highest BCUT2D eigenvalue weighted by Gasteiger charge is 2.32. The second-order valence-corrected chi connectivity index (χ2v) is 4.62. The highest BCUT2D eigenvalue weighted by molar-refractivity contribution is 5.75. The van der Waals surface area contributed by atoms with E-state index in [4.69, 9.17) is 11.5 Å². The third-order valence-corrected chi connectivity index (χ3v) is 3.42. The molecule has 0 heterocycles. The van der Waals surface area contributed by atoms with E-state index >= 15 is 0 Å². The number of amides is 2. The quantitative estimate of drug-likeness (QED) is 0.643. The molecule has 18 heavy (non-hydrogen) atoms. The number of nitrogens with one attached hydrogen (secondary N) is 2. The van der Waals surface area contributed by atoms with Crippen LogP contribution in [0, 0.1) is 24.2 Å². The van der Waals surface area contributed by atoms with Gasteiger partial charge in [0.1, 0.15) is 0 Å². The van der Waals surface area contributed by atoms with Gasteiger partial charge in [-0.25, -0.2) is 4.79 Å². The third kappa shape index (κ3) is 3.95. The number of hydrogen-bond acceptors (Lipinski definition) is 2. The number of hydrogen-bond donors (Lipinski definition) is 3. The molecule has 5 heteroatoms. The molecule has 3 N–H and O–H groups in total. The van der Waals surface area contributed by atoms with Gasteiger partial charge in [-0.2, -0.15) is 0 Å². The molecule has 1 aliphatic carbocycles. The molecule has 5 nitrogen and oxygen atoms in total. The van der Waals surface area contributed by atoms with E-state index in [9.17, 15) is 9.59 Å². The SMILES string of the molecule is C#CC(CC)NC(=O)NCC1CCCC1C(=O)O. The Balaban J connectivity index is 2.34. The van der Waals surface area contributed by atoms with Crippen LogP contribution in [0.4, 0.5) is 4.79 Å². The van der Waals surface area contributed by atoms with Gasteiger partial charge in [-0.15, -0.1) is 6.42 Å². The van der Waals surface area contributed by atoms with Crippen molar-refractivity contribution in [2.75, 3.05) is 6.54 Å². The summed E-state index contributed by atoms with van der Waals surface area (Å²) in [6.45, 7) is 2.28. The lowest BCUT2D eigenvalue weighted by Crippen LogP contribution is -2.43. The molecule has 0 bridgehead atoms. The Morgan fingerprint density at radius 2 is 2.22 bits per heavy atom. The molecule has 0 spiro atoms. The molecule has 1 fully saturated rings. The van der Waals surface area contributed by atoms with Gasteiger partial charge in [0.2, 0.25) is 0 Å². The van der Waals surface area contributed by atoms with E-state index in [1.807, 2.05) is 6.92 Å². The highest BCUT2D eigenvalue weighted by Crippen LogP contribution is 2.31. The van der Waals surface area contributed by atoms with Crippen LogP contribution in [0.2, 0.25) is 0 Å². The van der Waals surface area contributed by atoms with Crippen molar-refractivity contribution in [2.24, 2.45) is 11.8 Å². The van der Waals surface area contributed by atoms with Gasteiger partial charge in [-0.3, -0.25) is 4.79 Å². The van der Waals surface area contributed by atoms with Gasteiger partial charge in [0.25, 0.3) is 0 Å². The number of urea groups is 1. The predicted molar refractivity (Wildman–Crippen MR) is 67.9 cm³/mol. The second-order valence-electron chi connectivity index (χ2n) is 4.62. The number of carboxylic acid groups (broad SMARTS) is 1. The van der Waals surface area contributed by atoms with Crippen LogP contribution < -0.4 is 10.6 Å². The summed E-state index contributed by atoms with van der Waals surface area (Å²) in [6.07, 6.45) is 8.37. The maximum Gasteiger partial charge on any atom is 0.315 e. The highest BCUT2D eigenvalue weighted by atomic mass is 16.4.